The van der Waals surface area contributed by atoms with Crippen LogP contribution in [-0.2, 0) is 86.2 Å². The van der Waals surface area contributed by atoms with Crippen LogP contribution in [0.2, 0.25) is 0 Å². The fourth-order valence-corrected chi connectivity index (χ4v) is 15.0. The Bertz CT molecular complexity index is 4660. The van der Waals surface area contributed by atoms with E-state index in [-0.39, 0.29) is 58.7 Å². The Morgan fingerprint density at radius 2 is 1.19 bits per heavy atom. The van der Waals surface area contributed by atoms with Gasteiger partial charge in [-0.2, -0.15) is 4.58 Å². The molecule has 562 valence electrons. The number of nitrogens with zero attached hydrogens (tertiary/aromatic N) is 9. The number of hydrogen-bond acceptors (Lipinski definition) is 21. The van der Waals surface area contributed by atoms with Crippen LogP contribution in [0.1, 0.15) is 105 Å². The Hall–Kier alpha value is -9.30. The average molecular weight is 1550 g/mol. The molecule has 0 spiro atoms. The van der Waals surface area contributed by atoms with Gasteiger partial charge < -0.3 is 52.4 Å². The first-order chi connectivity index (χ1) is 51.6. The van der Waals surface area contributed by atoms with Gasteiger partial charge in [0.1, 0.15) is 53.9 Å². The average Bonchev–Trinajstić information content (AvgIpc) is 1.60. The third-order valence-electron chi connectivity index (χ3n) is 19.2. The van der Waals surface area contributed by atoms with E-state index in [0.717, 1.165) is 79.2 Å². The zero-order valence-corrected chi connectivity index (χ0v) is 66.8. The Morgan fingerprint density at radius 3 is 1.81 bits per heavy atom. The summed E-state index contributed by atoms with van der Waals surface area (Å²) in [5.41, 5.74) is 11.0. The summed E-state index contributed by atoms with van der Waals surface area (Å²) in [5, 5.41) is 13.6. The number of fused-ring (bicyclic) bond motifs is 2. The summed E-state index contributed by atoms with van der Waals surface area (Å²) in [4.78, 5) is 29.6. The molecule has 1 unspecified atom stereocenters. The first-order valence-corrected chi connectivity index (χ1v) is 39.3. The normalized spacial score (nSPS) is 16.2. The second kappa shape index (κ2) is 38.2. The summed E-state index contributed by atoms with van der Waals surface area (Å²) >= 11 is 0. The summed E-state index contributed by atoms with van der Waals surface area (Å²) < 4.78 is 109. The predicted octanol–water partition coefficient (Wildman–Crippen LogP) is 12.4. The number of ether oxygens (including phenoxy) is 6. The van der Waals surface area contributed by atoms with Crippen molar-refractivity contribution in [2.45, 2.75) is 109 Å². The van der Waals surface area contributed by atoms with E-state index in [1.807, 2.05) is 128 Å². The molecular formula is C83H93N9O13S2Zn. The first kappa shape index (κ1) is 81.2. The molecule has 0 bridgehead atoms. The van der Waals surface area contributed by atoms with Crippen LogP contribution >= 0.6 is 0 Å². The molecule has 108 heavy (non-hydrogen) atoms. The minimum absolute atomic E-state index is 0. The van der Waals surface area contributed by atoms with Crippen molar-refractivity contribution in [3.63, 3.8) is 0 Å². The van der Waals surface area contributed by atoms with Gasteiger partial charge in [-0.25, -0.2) is 26.8 Å². The Labute approximate surface area is 647 Å². The standard InChI is InChI=1S/C83H95N9O13S2.Zn/c1-82(2)72-55-69(100-5)32-34-74(72)90(43-15-17-50-106(94,95)96)76(82)36-28-63-20-19-21-64(29-37-77-83(3,4)73-56-70(101-6)33-35-75(73)91(77)44-16-18-51-107(97,98)99)80(63)105-68-30-26-65(27-31-68)81(93)88-42-45-102-46-47-103-48-49-104-71-53-61(57-89(59-66-22-7-11-38-84-66)60-67-23-8-12-39-85-67)52-62(54-71)58-92(78-24-9-13-40-86-78)79-25-10-14-41-87-79;/h7-14,20,22-41,52-56,80H,15-19,21,42-51,57-60H2,1-6H3,(H2-,88,93,94,95,96,97,98,99);/q;+2/p-2/b36-28+,64-29-,77-37+;. The van der Waals surface area contributed by atoms with Gasteiger partial charge in [0.05, 0.1) is 90.8 Å². The molecule has 2 aliphatic heterocycles. The maximum atomic E-state index is 13.6. The summed E-state index contributed by atoms with van der Waals surface area (Å²) in [5.74, 6) is 2.81. The van der Waals surface area contributed by atoms with Crippen molar-refractivity contribution in [1.29, 1.82) is 0 Å². The van der Waals surface area contributed by atoms with Crippen molar-refractivity contribution in [2.75, 3.05) is 88.2 Å². The zero-order valence-electron chi connectivity index (χ0n) is 62.2. The van der Waals surface area contributed by atoms with Gasteiger partial charge in [-0.1, -0.05) is 68.5 Å². The van der Waals surface area contributed by atoms with Crippen LogP contribution in [0, 0.1) is 0 Å². The molecule has 0 saturated heterocycles. The van der Waals surface area contributed by atoms with Crippen LogP contribution in [0.5, 0.6) is 23.0 Å². The summed E-state index contributed by atoms with van der Waals surface area (Å²) in [6.07, 6.45) is 19.8. The van der Waals surface area contributed by atoms with Crippen LogP contribution in [0.15, 0.2) is 229 Å². The first-order valence-electron chi connectivity index (χ1n) is 36.1. The van der Waals surface area contributed by atoms with E-state index in [4.69, 9.17) is 38.4 Å². The summed E-state index contributed by atoms with van der Waals surface area (Å²) in [6, 6.07) is 48.7. The van der Waals surface area contributed by atoms with Gasteiger partial charge in [0.2, 0.25) is 5.69 Å². The van der Waals surface area contributed by atoms with Crippen LogP contribution < -0.4 is 33.9 Å². The molecule has 0 fully saturated rings. The number of anilines is 3. The van der Waals surface area contributed by atoms with E-state index in [9.17, 15) is 31.0 Å². The summed E-state index contributed by atoms with van der Waals surface area (Å²) in [6.45, 7) is 13.3. The second-order valence-electron chi connectivity index (χ2n) is 27.5. The molecular weight excluding hydrogens is 1460 g/mol. The van der Waals surface area contributed by atoms with E-state index < -0.39 is 54.6 Å². The number of hydrogen-bond donors (Lipinski definition) is 0. The molecule has 0 radical (unpaired) electrons. The molecule has 4 aromatic carbocycles. The fourth-order valence-electron chi connectivity index (χ4n) is 13.8. The fraction of sp³-hybridized carbons (Fsp3) is 0.349. The number of unbranched alkanes of at least 4 members (excludes halogenated alkanes) is 2. The van der Waals surface area contributed by atoms with E-state index in [0.29, 0.717) is 107 Å². The maximum absolute atomic E-state index is 13.6. The maximum Gasteiger partial charge on any atom is 2.00 e. The van der Waals surface area contributed by atoms with E-state index in [1.165, 1.54) is 0 Å². The minimum atomic E-state index is -4.39. The molecule has 4 aromatic heterocycles. The van der Waals surface area contributed by atoms with Gasteiger partial charge in [-0.05, 0) is 201 Å². The monoisotopic (exact) mass is 1550 g/mol. The largest absolute Gasteiger partial charge is 2.00 e. The number of benzene rings is 4. The van der Waals surface area contributed by atoms with Gasteiger partial charge in [-0.15, -0.1) is 0 Å². The van der Waals surface area contributed by atoms with E-state index >= 15 is 0 Å². The number of allylic oxidation sites excluding steroid dienone is 5. The third-order valence-corrected chi connectivity index (χ3v) is 20.7. The van der Waals surface area contributed by atoms with Crippen molar-refractivity contribution < 1.29 is 83.5 Å². The van der Waals surface area contributed by atoms with Crippen LogP contribution in [0.3, 0.4) is 0 Å². The third kappa shape index (κ3) is 22.2. The van der Waals surface area contributed by atoms with Crippen LogP contribution in [0.4, 0.5) is 23.0 Å². The molecule has 8 aromatic rings. The molecule has 0 amide bonds. The van der Waals surface area contributed by atoms with Gasteiger partial charge in [0.15, 0.2) is 5.71 Å². The molecule has 6 heterocycles. The minimum Gasteiger partial charge on any atom is -0.858 e. The molecule has 25 heteroatoms. The topological polar surface area (TPSA) is 269 Å². The number of rotatable bonds is 38. The Kier molecular flexibility index (Phi) is 28.7. The summed E-state index contributed by atoms with van der Waals surface area (Å²) in [7, 11) is -5.53. The van der Waals surface area contributed by atoms with Crippen molar-refractivity contribution in [1.82, 2.24) is 24.8 Å². The van der Waals surface area contributed by atoms with Crippen LogP contribution in [-0.4, -0.2) is 151 Å². The van der Waals surface area contributed by atoms with E-state index in [1.54, 1.807) is 50.9 Å². The van der Waals surface area contributed by atoms with Crippen molar-refractivity contribution in [2.24, 2.45) is 4.99 Å². The molecule has 22 nitrogen and oxygen atoms in total. The van der Waals surface area contributed by atoms with Gasteiger partial charge in [0, 0.05) is 103 Å². The Morgan fingerprint density at radius 1 is 0.611 bits per heavy atom. The quantitative estimate of drug-likeness (QED) is 0.00868. The Balaban J connectivity index is 0.0000124. The molecule has 0 N–H and O–H groups in total. The van der Waals surface area contributed by atoms with Gasteiger partial charge >= 0.3 is 19.5 Å². The number of aromatic nitrogens is 4. The van der Waals surface area contributed by atoms with Crippen molar-refractivity contribution in [3.8, 4) is 23.0 Å². The smallest absolute Gasteiger partial charge is 0.858 e. The number of aliphatic imine (C=N–C) groups is 1. The predicted molar refractivity (Wildman–Crippen MR) is 411 cm³/mol. The zero-order chi connectivity index (χ0) is 75.4. The molecule has 11 rings (SSSR count). The molecule has 1 aliphatic carbocycles. The van der Waals surface area contributed by atoms with Gasteiger partial charge in [-0.3, -0.25) is 19.9 Å². The number of pyridine rings is 4. The molecule has 0 saturated carbocycles. The number of methoxy groups -OCH3 is 2. The van der Waals surface area contributed by atoms with Crippen molar-refractivity contribution in [3.05, 3.63) is 263 Å². The van der Waals surface area contributed by atoms with Crippen LogP contribution in [0.25, 0.3) is 0 Å². The van der Waals surface area contributed by atoms with E-state index in [2.05, 4.69) is 104 Å². The van der Waals surface area contributed by atoms with Gasteiger partial charge in [0.25, 0.3) is 0 Å². The second-order valence-corrected chi connectivity index (χ2v) is 30.6. The molecule has 3 aliphatic rings. The van der Waals surface area contributed by atoms with Crippen molar-refractivity contribution >= 4 is 54.9 Å². The molecule has 1 atom stereocenters. The SMILES string of the molecule is COc1ccc2c(c1)C(C)(C)C(/C=C/C1=CCC/C(=C/C=C3/N(CCCCS(=O)(=O)[O-])c4ccc(OC)cc4C3(C)C)C1Oc1ccc(C([O-])=NCCOCCOCCOc3cc(CN(Cc4ccccn4)Cc4ccccn4)cc(CN(c4ccccn4)c4ccccn4)c3)cc1)=[N+]2CCCCS(=O)(=O)[O-].[Zn+2].